The lowest BCUT2D eigenvalue weighted by molar-refractivity contribution is -0.146. The smallest absolute Gasteiger partial charge is 0.328 e. The Hall–Kier alpha value is -1.41. The van der Waals surface area contributed by atoms with Crippen molar-refractivity contribution < 1.29 is 23.9 Å². The van der Waals surface area contributed by atoms with Crippen LogP contribution in [0.2, 0.25) is 0 Å². The maximum Gasteiger partial charge on any atom is 0.328 e. The summed E-state index contributed by atoms with van der Waals surface area (Å²) in [7, 11) is 1.25. The van der Waals surface area contributed by atoms with Gasteiger partial charge in [0, 0.05) is 18.6 Å². The number of rotatable bonds is 7. The van der Waals surface area contributed by atoms with Crippen LogP contribution in [-0.4, -0.2) is 53.6 Å². The number of amides is 1. The molecule has 0 aromatic carbocycles. The van der Waals surface area contributed by atoms with Crippen LogP contribution in [0.25, 0.3) is 0 Å². The molecule has 1 aliphatic carbocycles. The van der Waals surface area contributed by atoms with Crippen molar-refractivity contribution in [2.45, 2.75) is 57.9 Å². The van der Waals surface area contributed by atoms with E-state index in [0.717, 1.165) is 11.8 Å². The molecule has 7 nitrogen and oxygen atoms in total. The molecule has 0 spiro atoms. The van der Waals surface area contributed by atoms with Gasteiger partial charge in [-0.05, 0) is 11.3 Å². The zero-order chi connectivity index (χ0) is 19.4. The number of esters is 1. The predicted molar refractivity (Wildman–Crippen MR) is 96.0 cm³/mol. The van der Waals surface area contributed by atoms with E-state index in [1.807, 2.05) is 13.8 Å². The number of carbonyl (C=O) groups excluding carboxylic acids is 4. The fraction of sp³-hybridized carbons (Fsp3) is 0.765. The molecule has 1 aliphatic rings. The van der Waals surface area contributed by atoms with Crippen molar-refractivity contribution in [2.24, 2.45) is 17.1 Å². The summed E-state index contributed by atoms with van der Waals surface area (Å²) < 4.78 is 4.67. The Morgan fingerprint density at radius 2 is 1.80 bits per heavy atom. The molecule has 142 valence electrons. The third kappa shape index (κ3) is 6.11. The Balaban J connectivity index is 2.59. The van der Waals surface area contributed by atoms with E-state index < -0.39 is 29.2 Å². The summed E-state index contributed by atoms with van der Waals surface area (Å²) in [5.41, 5.74) is 5.55. The summed E-state index contributed by atoms with van der Waals surface area (Å²) in [6.07, 6.45) is 0.686. The molecule has 2 atom stereocenters. The summed E-state index contributed by atoms with van der Waals surface area (Å²) >= 11 is 1.10. The lowest BCUT2D eigenvalue weighted by Gasteiger charge is -2.32. The Morgan fingerprint density at radius 3 is 2.24 bits per heavy atom. The van der Waals surface area contributed by atoms with Gasteiger partial charge in [0.05, 0.1) is 13.2 Å². The third-order valence-electron chi connectivity index (χ3n) is 4.09. The van der Waals surface area contributed by atoms with Gasteiger partial charge in [-0.15, -0.1) is 11.8 Å². The van der Waals surface area contributed by atoms with Gasteiger partial charge in [0.1, 0.15) is 11.3 Å². The molecule has 1 amide bonds. The molecule has 0 aliphatic heterocycles. The summed E-state index contributed by atoms with van der Waals surface area (Å²) in [5.74, 6) is -1.31. The highest BCUT2D eigenvalue weighted by Gasteiger charge is 2.40. The minimum atomic E-state index is -0.925. The van der Waals surface area contributed by atoms with E-state index in [1.54, 1.807) is 13.8 Å². The van der Waals surface area contributed by atoms with Gasteiger partial charge in [0.2, 0.25) is 5.91 Å². The van der Waals surface area contributed by atoms with Crippen molar-refractivity contribution >= 4 is 35.2 Å². The van der Waals surface area contributed by atoms with E-state index in [4.69, 9.17) is 5.73 Å². The second-order valence-corrected chi connectivity index (χ2v) is 8.66. The molecule has 0 aromatic rings. The van der Waals surface area contributed by atoms with Crippen molar-refractivity contribution in [3.8, 4) is 0 Å². The van der Waals surface area contributed by atoms with E-state index in [1.165, 1.54) is 7.11 Å². The maximum absolute atomic E-state index is 12.2. The largest absolute Gasteiger partial charge is 0.467 e. The SMILES string of the molecule is COC(=O)[C@@H](NC(=O)[C@@H](N)CSC1C(=O)CC(C)(C)CC1=O)C(C)C. The van der Waals surface area contributed by atoms with Crippen LogP contribution in [0.15, 0.2) is 0 Å². The van der Waals surface area contributed by atoms with E-state index in [2.05, 4.69) is 10.1 Å². The van der Waals surface area contributed by atoms with Gasteiger partial charge in [0.25, 0.3) is 0 Å². The van der Waals surface area contributed by atoms with Gasteiger partial charge in [0.15, 0.2) is 11.6 Å². The predicted octanol–water partition coefficient (Wildman–Crippen LogP) is 0.688. The minimum Gasteiger partial charge on any atom is -0.467 e. The number of Topliss-reactive ketones (excluding diaryl/α,β-unsaturated/α-hetero) is 2. The fourth-order valence-electron chi connectivity index (χ4n) is 2.72. The molecule has 0 bridgehead atoms. The number of thioether (sulfide) groups is 1. The van der Waals surface area contributed by atoms with Crippen LogP contribution < -0.4 is 11.1 Å². The summed E-state index contributed by atoms with van der Waals surface area (Å²) in [6.45, 7) is 7.34. The molecule has 0 heterocycles. The van der Waals surface area contributed by atoms with Gasteiger partial charge in [-0.25, -0.2) is 4.79 Å². The number of methoxy groups -OCH3 is 1. The van der Waals surface area contributed by atoms with Gasteiger partial charge in [-0.2, -0.15) is 0 Å². The molecule has 1 fully saturated rings. The first kappa shape index (κ1) is 21.6. The summed E-state index contributed by atoms with van der Waals surface area (Å²) in [5, 5.41) is 1.81. The molecule has 0 aromatic heterocycles. The first-order valence-corrected chi connectivity index (χ1v) is 9.34. The Morgan fingerprint density at radius 1 is 1.28 bits per heavy atom. The minimum absolute atomic E-state index is 0.117. The second kappa shape index (κ2) is 8.80. The summed E-state index contributed by atoms with van der Waals surface area (Å²) in [4.78, 5) is 48.2. The van der Waals surface area contributed by atoms with Gasteiger partial charge >= 0.3 is 5.97 Å². The van der Waals surface area contributed by atoms with Crippen LogP contribution in [0, 0.1) is 11.3 Å². The average Bonchev–Trinajstić information content (AvgIpc) is 2.48. The fourth-order valence-corrected chi connectivity index (χ4v) is 3.81. The van der Waals surface area contributed by atoms with Gasteiger partial charge < -0.3 is 15.8 Å². The Labute approximate surface area is 152 Å². The molecular weight excluding hydrogens is 344 g/mol. The number of ether oxygens (including phenoxy) is 1. The summed E-state index contributed by atoms with van der Waals surface area (Å²) in [6, 6.07) is -1.71. The molecule has 1 rings (SSSR count). The van der Waals surface area contributed by atoms with Crippen molar-refractivity contribution in [1.82, 2.24) is 5.32 Å². The topological polar surface area (TPSA) is 116 Å². The molecule has 8 heteroatoms. The molecule has 3 N–H and O–H groups in total. The van der Waals surface area contributed by atoms with E-state index >= 15 is 0 Å². The molecule has 0 unspecified atom stereocenters. The van der Waals surface area contributed by atoms with E-state index in [-0.39, 0.29) is 28.7 Å². The van der Waals surface area contributed by atoms with Crippen LogP contribution in [0.5, 0.6) is 0 Å². The Kier molecular flexibility index (Phi) is 7.62. The molecular formula is C17H28N2O5S. The van der Waals surface area contributed by atoms with Crippen molar-refractivity contribution in [2.75, 3.05) is 12.9 Å². The monoisotopic (exact) mass is 372 g/mol. The van der Waals surface area contributed by atoms with Crippen molar-refractivity contribution in [1.29, 1.82) is 0 Å². The number of hydrogen-bond acceptors (Lipinski definition) is 7. The lowest BCUT2D eigenvalue weighted by atomic mass is 9.76. The number of hydrogen-bond donors (Lipinski definition) is 2. The van der Waals surface area contributed by atoms with Crippen LogP contribution in [-0.2, 0) is 23.9 Å². The van der Waals surface area contributed by atoms with Crippen LogP contribution in [0.3, 0.4) is 0 Å². The maximum atomic E-state index is 12.2. The number of ketones is 2. The van der Waals surface area contributed by atoms with E-state index in [0.29, 0.717) is 12.8 Å². The zero-order valence-corrected chi connectivity index (χ0v) is 16.3. The van der Waals surface area contributed by atoms with Crippen molar-refractivity contribution in [3.05, 3.63) is 0 Å². The normalized spacial score (nSPS) is 20.3. The zero-order valence-electron chi connectivity index (χ0n) is 15.5. The molecule has 0 saturated heterocycles. The van der Waals surface area contributed by atoms with Crippen molar-refractivity contribution in [3.63, 3.8) is 0 Å². The van der Waals surface area contributed by atoms with Crippen LogP contribution in [0.1, 0.15) is 40.5 Å². The number of nitrogens with one attached hydrogen (secondary N) is 1. The molecule has 1 saturated carbocycles. The van der Waals surface area contributed by atoms with Gasteiger partial charge in [-0.1, -0.05) is 27.7 Å². The molecule has 25 heavy (non-hydrogen) atoms. The first-order valence-electron chi connectivity index (χ1n) is 8.29. The van der Waals surface area contributed by atoms with Crippen LogP contribution >= 0.6 is 11.8 Å². The molecule has 0 radical (unpaired) electrons. The highest BCUT2D eigenvalue weighted by Crippen LogP contribution is 2.35. The number of carbonyl (C=O) groups is 4. The Bertz CT molecular complexity index is 527. The third-order valence-corrected chi connectivity index (χ3v) is 5.50. The number of nitrogens with two attached hydrogens (primary N) is 1. The lowest BCUT2D eigenvalue weighted by Crippen LogP contribution is -2.52. The van der Waals surface area contributed by atoms with E-state index in [9.17, 15) is 19.2 Å². The van der Waals surface area contributed by atoms with Gasteiger partial charge in [-0.3, -0.25) is 14.4 Å². The second-order valence-electron chi connectivity index (χ2n) is 7.52. The highest BCUT2D eigenvalue weighted by molar-refractivity contribution is 8.01. The first-order chi connectivity index (χ1) is 11.5. The van der Waals surface area contributed by atoms with Crippen LogP contribution in [0.4, 0.5) is 0 Å². The highest BCUT2D eigenvalue weighted by atomic mass is 32.2. The quantitative estimate of drug-likeness (QED) is 0.499. The standard InChI is InChI=1S/C17H28N2O5S/c1-9(2)13(16(23)24-5)19-15(22)10(18)8-25-14-11(20)6-17(3,4)7-12(14)21/h9-10,13-14H,6-8,18H2,1-5H3,(H,19,22)/t10-,13-/m0/s1. The average molecular weight is 372 g/mol.